The second kappa shape index (κ2) is 6.75. The van der Waals surface area contributed by atoms with E-state index in [2.05, 4.69) is 15.9 Å². The SMILES string of the molecule is CCc1cc(OC)c(OC)c(C(=O)CCN)c1Br. The summed E-state index contributed by atoms with van der Waals surface area (Å²) in [6.45, 7) is 2.33. The minimum atomic E-state index is -0.0465. The van der Waals surface area contributed by atoms with Crippen molar-refractivity contribution >= 4 is 21.7 Å². The van der Waals surface area contributed by atoms with E-state index >= 15 is 0 Å². The molecular formula is C13H18BrNO3. The largest absolute Gasteiger partial charge is 0.493 e. The van der Waals surface area contributed by atoms with Crippen molar-refractivity contribution in [3.05, 3.63) is 21.7 Å². The molecular weight excluding hydrogens is 298 g/mol. The molecule has 18 heavy (non-hydrogen) atoms. The first-order valence-electron chi connectivity index (χ1n) is 5.77. The Morgan fingerprint density at radius 1 is 1.39 bits per heavy atom. The fourth-order valence-corrected chi connectivity index (χ4v) is 2.58. The number of benzene rings is 1. The molecule has 4 nitrogen and oxygen atoms in total. The van der Waals surface area contributed by atoms with E-state index in [1.54, 1.807) is 7.11 Å². The number of hydrogen-bond acceptors (Lipinski definition) is 4. The van der Waals surface area contributed by atoms with E-state index in [1.807, 2.05) is 13.0 Å². The third-order valence-electron chi connectivity index (χ3n) is 2.71. The van der Waals surface area contributed by atoms with Gasteiger partial charge in [-0.25, -0.2) is 0 Å². The Morgan fingerprint density at radius 2 is 2.06 bits per heavy atom. The van der Waals surface area contributed by atoms with Gasteiger partial charge in [0.15, 0.2) is 17.3 Å². The van der Waals surface area contributed by atoms with E-state index < -0.39 is 0 Å². The molecule has 0 aliphatic rings. The van der Waals surface area contributed by atoms with E-state index in [-0.39, 0.29) is 12.2 Å². The monoisotopic (exact) mass is 315 g/mol. The molecule has 0 aliphatic carbocycles. The van der Waals surface area contributed by atoms with Gasteiger partial charge in [0.05, 0.1) is 19.8 Å². The standard InChI is InChI=1S/C13H18BrNO3/c1-4-8-7-10(17-2)13(18-3)11(12(8)14)9(16)5-6-15/h7H,4-6,15H2,1-3H3. The van der Waals surface area contributed by atoms with E-state index in [0.717, 1.165) is 16.5 Å². The summed E-state index contributed by atoms with van der Waals surface area (Å²) in [7, 11) is 3.08. The molecule has 0 amide bonds. The number of methoxy groups -OCH3 is 2. The highest BCUT2D eigenvalue weighted by Crippen LogP contribution is 2.39. The van der Waals surface area contributed by atoms with Gasteiger partial charge >= 0.3 is 0 Å². The van der Waals surface area contributed by atoms with Gasteiger partial charge in [0.25, 0.3) is 0 Å². The van der Waals surface area contributed by atoms with Crippen LogP contribution in [0.5, 0.6) is 11.5 Å². The molecule has 1 aromatic rings. The molecule has 0 atom stereocenters. The lowest BCUT2D eigenvalue weighted by atomic mass is 10.0. The van der Waals surface area contributed by atoms with Gasteiger partial charge in [0.1, 0.15) is 0 Å². The molecule has 0 fully saturated rings. The number of rotatable bonds is 6. The van der Waals surface area contributed by atoms with Crippen LogP contribution in [-0.2, 0) is 6.42 Å². The normalized spacial score (nSPS) is 10.3. The summed E-state index contributed by atoms with van der Waals surface area (Å²) in [5, 5.41) is 0. The third kappa shape index (κ3) is 2.84. The highest BCUT2D eigenvalue weighted by molar-refractivity contribution is 9.10. The number of hydrogen-bond donors (Lipinski definition) is 1. The van der Waals surface area contributed by atoms with E-state index in [9.17, 15) is 4.79 Å². The topological polar surface area (TPSA) is 61.5 Å². The molecule has 0 unspecified atom stereocenters. The zero-order valence-electron chi connectivity index (χ0n) is 10.9. The second-order valence-electron chi connectivity index (χ2n) is 3.78. The Kier molecular flexibility index (Phi) is 5.62. The zero-order valence-corrected chi connectivity index (χ0v) is 12.5. The van der Waals surface area contributed by atoms with Gasteiger partial charge in [-0.2, -0.15) is 0 Å². The van der Waals surface area contributed by atoms with E-state index in [0.29, 0.717) is 23.6 Å². The van der Waals surface area contributed by atoms with Gasteiger partial charge in [-0.15, -0.1) is 0 Å². The zero-order chi connectivity index (χ0) is 13.7. The summed E-state index contributed by atoms with van der Waals surface area (Å²) in [6.07, 6.45) is 1.08. The number of ether oxygens (including phenoxy) is 2. The minimum Gasteiger partial charge on any atom is -0.493 e. The van der Waals surface area contributed by atoms with Crippen molar-refractivity contribution in [2.24, 2.45) is 5.73 Å². The lowest BCUT2D eigenvalue weighted by molar-refractivity contribution is 0.0981. The maximum atomic E-state index is 12.1. The van der Waals surface area contributed by atoms with Gasteiger partial charge in [-0.1, -0.05) is 6.92 Å². The molecule has 5 heteroatoms. The summed E-state index contributed by atoms with van der Waals surface area (Å²) in [6, 6.07) is 1.88. The molecule has 0 saturated carbocycles. The van der Waals surface area contributed by atoms with E-state index in [4.69, 9.17) is 15.2 Å². The third-order valence-corrected chi connectivity index (χ3v) is 3.62. The quantitative estimate of drug-likeness (QED) is 0.819. The lowest BCUT2D eigenvalue weighted by Gasteiger charge is -2.16. The Morgan fingerprint density at radius 3 is 2.50 bits per heavy atom. The fourth-order valence-electron chi connectivity index (χ4n) is 1.79. The van der Waals surface area contributed by atoms with Crippen LogP contribution in [0.1, 0.15) is 29.3 Å². The van der Waals surface area contributed by atoms with Crippen LogP contribution in [0.25, 0.3) is 0 Å². The van der Waals surface area contributed by atoms with Gasteiger partial charge in [0.2, 0.25) is 0 Å². The highest BCUT2D eigenvalue weighted by atomic mass is 79.9. The van der Waals surface area contributed by atoms with Crippen LogP contribution in [0.4, 0.5) is 0 Å². The maximum Gasteiger partial charge on any atom is 0.172 e. The van der Waals surface area contributed by atoms with Gasteiger partial charge < -0.3 is 15.2 Å². The molecule has 2 N–H and O–H groups in total. The van der Waals surface area contributed by atoms with Crippen LogP contribution in [0.2, 0.25) is 0 Å². The van der Waals surface area contributed by atoms with Crippen molar-refractivity contribution in [3.8, 4) is 11.5 Å². The van der Waals surface area contributed by atoms with Gasteiger partial charge in [-0.05, 0) is 40.5 Å². The number of ketones is 1. The van der Waals surface area contributed by atoms with Crippen LogP contribution in [0, 0.1) is 0 Å². The fraction of sp³-hybridized carbons (Fsp3) is 0.462. The first kappa shape index (κ1) is 15.0. The Labute approximate surface area is 116 Å². The predicted molar refractivity (Wildman–Crippen MR) is 74.6 cm³/mol. The van der Waals surface area contributed by atoms with Crippen LogP contribution in [0.3, 0.4) is 0 Å². The molecule has 0 spiro atoms. The lowest BCUT2D eigenvalue weighted by Crippen LogP contribution is -2.11. The summed E-state index contributed by atoms with van der Waals surface area (Å²) in [5.41, 5.74) is 6.96. The highest BCUT2D eigenvalue weighted by Gasteiger charge is 2.22. The molecule has 0 heterocycles. The van der Waals surface area contributed by atoms with Crippen molar-refractivity contribution in [1.29, 1.82) is 0 Å². The Bertz CT molecular complexity index is 446. The number of Topliss-reactive ketones (excluding diaryl/α,β-unsaturated/α-hetero) is 1. The van der Waals surface area contributed by atoms with Crippen molar-refractivity contribution in [3.63, 3.8) is 0 Å². The van der Waals surface area contributed by atoms with Crippen LogP contribution >= 0.6 is 15.9 Å². The van der Waals surface area contributed by atoms with Gasteiger partial charge in [0, 0.05) is 10.9 Å². The molecule has 0 aliphatic heterocycles. The first-order valence-corrected chi connectivity index (χ1v) is 6.56. The number of nitrogens with two attached hydrogens (primary N) is 1. The number of carbonyl (C=O) groups is 1. The molecule has 0 aromatic heterocycles. The van der Waals surface area contributed by atoms with Crippen molar-refractivity contribution in [2.45, 2.75) is 19.8 Å². The number of aryl methyl sites for hydroxylation is 1. The summed E-state index contributed by atoms with van der Waals surface area (Å²) in [4.78, 5) is 12.1. The van der Waals surface area contributed by atoms with Crippen molar-refractivity contribution in [2.75, 3.05) is 20.8 Å². The van der Waals surface area contributed by atoms with Crippen molar-refractivity contribution < 1.29 is 14.3 Å². The van der Waals surface area contributed by atoms with Crippen LogP contribution < -0.4 is 15.2 Å². The minimum absolute atomic E-state index is 0.0465. The summed E-state index contributed by atoms with van der Waals surface area (Å²) in [5.74, 6) is 0.979. The van der Waals surface area contributed by atoms with Crippen LogP contribution in [-0.4, -0.2) is 26.5 Å². The Hall–Kier alpha value is -1.07. The summed E-state index contributed by atoms with van der Waals surface area (Å²) >= 11 is 3.47. The number of carbonyl (C=O) groups excluding carboxylic acids is 1. The predicted octanol–water partition coefficient (Wildman–Crippen LogP) is 2.56. The molecule has 1 aromatic carbocycles. The second-order valence-corrected chi connectivity index (χ2v) is 4.57. The number of halogens is 1. The van der Waals surface area contributed by atoms with Crippen LogP contribution in [0.15, 0.2) is 10.5 Å². The smallest absolute Gasteiger partial charge is 0.172 e. The Balaban J connectivity index is 3.47. The molecule has 100 valence electrons. The average Bonchev–Trinajstić information content (AvgIpc) is 2.38. The molecule has 0 bridgehead atoms. The van der Waals surface area contributed by atoms with Crippen molar-refractivity contribution in [1.82, 2.24) is 0 Å². The van der Waals surface area contributed by atoms with E-state index in [1.165, 1.54) is 7.11 Å². The summed E-state index contributed by atoms with van der Waals surface area (Å²) < 4.78 is 11.3. The molecule has 0 radical (unpaired) electrons. The average molecular weight is 316 g/mol. The molecule has 1 rings (SSSR count). The molecule has 0 saturated heterocycles. The first-order chi connectivity index (χ1) is 8.60. The maximum absolute atomic E-state index is 12.1. The van der Waals surface area contributed by atoms with Gasteiger partial charge in [-0.3, -0.25) is 4.79 Å².